The van der Waals surface area contributed by atoms with E-state index in [0.29, 0.717) is 41.6 Å². The highest BCUT2D eigenvalue weighted by atomic mass is 32.1. The lowest BCUT2D eigenvalue weighted by Crippen LogP contribution is -2.33. The fraction of sp³-hybridized carbons (Fsp3) is 0.316. The Kier molecular flexibility index (Phi) is 5.33. The smallest absolute Gasteiger partial charge is 0.263 e. The number of methoxy groups -OCH3 is 2. The molecule has 1 aromatic heterocycles. The summed E-state index contributed by atoms with van der Waals surface area (Å²) < 4.78 is 10.6. The van der Waals surface area contributed by atoms with Crippen LogP contribution in [0.15, 0.2) is 18.2 Å². The summed E-state index contributed by atoms with van der Waals surface area (Å²) in [5.41, 5.74) is 1.63. The van der Waals surface area contributed by atoms with Crippen LogP contribution >= 0.6 is 11.3 Å². The van der Waals surface area contributed by atoms with E-state index in [2.05, 4.69) is 11.4 Å². The fourth-order valence-corrected chi connectivity index (χ4v) is 4.33. The van der Waals surface area contributed by atoms with Crippen LogP contribution in [0, 0.1) is 11.3 Å². The number of carbonyl (C=O) groups excluding carboxylic acids is 2. The maximum absolute atomic E-state index is 12.9. The number of fused-ring (bicyclic) bond motifs is 1. The first-order chi connectivity index (χ1) is 13.0. The molecular weight excluding hydrogens is 366 g/mol. The van der Waals surface area contributed by atoms with E-state index in [1.807, 2.05) is 0 Å². The van der Waals surface area contributed by atoms with Crippen molar-refractivity contribution in [2.24, 2.45) is 0 Å². The molecule has 7 nitrogen and oxygen atoms in total. The highest BCUT2D eigenvalue weighted by Gasteiger charge is 2.27. The minimum Gasteiger partial charge on any atom is -0.496 e. The minimum atomic E-state index is -0.414. The number of carbonyl (C=O) groups is 2. The molecule has 0 saturated carbocycles. The summed E-state index contributed by atoms with van der Waals surface area (Å²) >= 11 is 1.33. The summed E-state index contributed by atoms with van der Waals surface area (Å²) in [6.07, 6.45) is 0.599. The number of anilines is 1. The van der Waals surface area contributed by atoms with Crippen molar-refractivity contribution in [3.05, 3.63) is 39.8 Å². The van der Waals surface area contributed by atoms with E-state index in [9.17, 15) is 14.9 Å². The van der Waals surface area contributed by atoms with Crippen LogP contribution < -0.4 is 14.8 Å². The zero-order chi connectivity index (χ0) is 19.6. The molecule has 8 heteroatoms. The quantitative estimate of drug-likeness (QED) is 0.874. The average Bonchev–Trinajstić information content (AvgIpc) is 3.02. The Morgan fingerprint density at radius 3 is 2.48 bits per heavy atom. The van der Waals surface area contributed by atoms with Crippen LogP contribution in [0.25, 0.3) is 0 Å². The molecule has 3 rings (SSSR count). The Hall–Kier alpha value is -3.05. The van der Waals surface area contributed by atoms with E-state index in [4.69, 9.17) is 9.47 Å². The summed E-state index contributed by atoms with van der Waals surface area (Å²) in [6, 6.07) is 7.27. The van der Waals surface area contributed by atoms with Gasteiger partial charge in [0.15, 0.2) is 0 Å². The van der Waals surface area contributed by atoms with Gasteiger partial charge < -0.3 is 19.7 Å². The van der Waals surface area contributed by atoms with Crippen LogP contribution in [0.3, 0.4) is 0 Å². The lowest BCUT2D eigenvalue weighted by molar-refractivity contribution is -0.129. The summed E-state index contributed by atoms with van der Waals surface area (Å²) in [4.78, 5) is 27.2. The summed E-state index contributed by atoms with van der Waals surface area (Å²) in [5.74, 6) is 0.351. The van der Waals surface area contributed by atoms with E-state index >= 15 is 0 Å². The van der Waals surface area contributed by atoms with E-state index in [1.54, 1.807) is 23.1 Å². The standard InChI is InChI=1S/C19H19N3O4S/c1-11(23)22-8-7-12-13(9-20)19(27-16(12)10-22)21-18(24)17-14(25-2)5-4-6-15(17)26-3/h4-6H,7-8,10H2,1-3H3,(H,21,24). The van der Waals surface area contributed by atoms with E-state index in [0.717, 1.165) is 10.4 Å². The van der Waals surface area contributed by atoms with Crippen LogP contribution in [0.5, 0.6) is 11.5 Å². The number of hydrogen-bond donors (Lipinski definition) is 1. The van der Waals surface area contributed by atoms with Crippen molar-refractivity contribution in [3.8, 4) is 17.6 Å². The van der Waals surface area contributed by atoms with Crippen molar-refractivity contribution in [3.63, 3.8) is 0 Å². The Labute approximate surface area is 161 Å². The molecule has 0 bridgehead atoms. The van der Waals surface area contributed by atoms with Crippen LogP contribution in [-0.4, -0.2) is 37.5 Å². The van der Waals surface area contributed by atoms with Gasteiger partial charge in [-0.1, -0.05) is 6.07 Å². The van der Waals surface area contributed by atoms with Crippen molar-refractivity contribution in [2.75, 3.05) is 26.1 Å². The van der Waals surface area contributed by atoms with Gasteiger partial charge in [0, 0.05) is 18.3 Å². The summed E-state index contributed by atoms with van der Waals surface area (Å²) in [6.45, 7) is 2.56. The average molecular weight is 385 g/mol. The molecule has 0 fully saturated rings. The Balaban J connectivity index is 1.95. The van der Waals surface area contributed by atoms with Crippen LogP contribution in [0.4, 0.5) is 5.00 Å². The van der Waals surface area contributed by atoms with Gasteiger partial charge in [-0.2, -0.15) is 5.26 Å². The third-order valence-corrected chi connectivity index (χ3v) is 5.63. The van der Waals surface area contributed by atoms with Gasteiger partial charge in [0.1, 0.15) is 28.1 Å². The number of rotatable bonds is 4. The second-order valence-electron chi connectivity index (χ2n) is 6.00. The van der Waals surface area contributed by atoms with Gasteiger partial charge in [-0.05, 0) is 24.1 Å². The molecule has 2 amide bonds. The van der Waals surface area contributed by atoms with Gasteiger partial charge in [0.25, 0.3) is 5.91 Å². The molecule has 2 heterocycles. The van der Waals surface area contributed by atoms with Gasteiger partial charge in [-0.3, -0.25) is 9.59 Å². The monoisotopic (exact) mass is 385 g/mol. The van der Waals surface area contributed by atoms with E-state index < -0.39 is 5.91 Å². The van der Waals surface area contributed by atoms with Crippen LogP contribution in [-0.2, 0) is 17.8 Å². The lowest BCUT2D eigenvalue weighted by Gasteiger charge is -2.25. The predicted octanol–water partition coefficient (Wildman–Crippen LogP) is 2.79. The molecule has 1 N–H and O–H groups in total. The van der Waals surface area contributed by atoms with Gasteiger partial charge in [0.05, 0.1) is 26.3 Å². The molecule has 0 aliphatic carbocycles. The second kappa shape index (κ2) is 7.68. The maximum atomic E-state index is 12.9. The van der Waals surface area contributed by atoms with Crippen molar-refractivity contribution in [2.45, 2.75) is 19.9 Å². The number of ether oxygens (including phenoxy) is 2. The molecule has 0 radical (unpaired) electrons. The number of nitrogens with zero attached hydrogens (tertiary/aromatic N) is 2. The number of thiophene rings is 1. The Bertz CT molecular complexity index is 923. The first-order valence-corrected chi connectivity index (χ1v) is 9.14. The molecule has 0 atom stereocenters. The molecule has 1 aliphatic heterocycles. The van der Waals surface area contributed by atoms with Crippen LogP contribution in [0.2, 0.25) is 0 Å². The van der Waals surface area contributed by atoms with Gasteiger partial charge in [0.2, 0.25) is 5.91 Å². The second-order valence-corrected chi connectivity index (χ2v) is 7.11. The van der Waals surface area contributed by atoms with Crippen molar-refractivity contribution in [1.29, 1.82) is 5.26 Å². The van der Waals surface area contributed by atoms with Gasteiger partial charge in [-0.15, -0.1) is 11.3 Å². The fourth-order valence-electron chi connectivity index (χ4n) is 3.12. The largest absolute Gasteiger partial charge is 0.496 e. The predicted molar refractivity (Wildman–Crippen MR) is 101 cm³/mol. The third kappa shape index (κ3) is 3.46. The number of nitrogens with one attached hydrogen (secondary N) is 1. The zero-order valence-electron chi connectivity index (χ0n) is 15.3. The molecule has 140 valence electrons. The molecule has 0 spiro atoms. The molecule has 27 heavy (non-hydrogen) atoms. The highest BCUT2D eigenvalue weighted by Crippen LogP contribution is 2.38. The molecule has 1 aromatic carbocycles. The number of nitriles is 1. The normalized spacial score (nSPS) is 12.7. The Morgan fingerprint density at radius 2 is 1.93 bits per heavy atom. The number of amides is 2. The lowest BCUT2D eigenvalue weighted by atomic mass is 10.0. The molecule has 1 aliphatic rings. The first-order valence-electron chi connectivity index (χ1n) is 8.32. The van der Waals surface area contributed by atoms with Crippen molar-refractivity contribution >= 4 is 28.2 Å². The third-order valence-electron chi connectivity index (χ3n) is 4.50. The highest BCUT2D eigenvalue weighted by molar-refractivity contribution is 7.16. The SMILES string of the molecule is COc1cccc(OC)c1C(=O)Nc1sc2c(c1C#N)CCN(C(C)=O)C2. The first kappa shape index (κ1) is 18.7. The van der Waals surface area contributed by atoms with E-state index in [1.165, 1.54) is 32.5 Å². The summed E-state index contributed by atoms with van der Waals surface area (Å²) in [7, 11) is 2.96. The molecular formula is C19H19N3O4S. The molecule has 0 unspecified atom stereocenters. The molecule has 0 saturated heterocycles. The number of benzene rings is 1. The Morgan fingerprint density at radius 1 is 1.26 bits per heavy atom. The topological polar surface area (TPSA) is 91.7 Å². The zero-order valence-corrected chi connectivity index (χ0v) is 16.1. The van der Waals surface area contributed by atoms with Crippen molar-refractivity contribution < 1.29 is 19.1 Å². The number of hydrogen-bond acceptors (Lipinski definition) is 6. The molecule has 2 aromatic rings. The van der Waals surface area contributed by atoms with E-state index in [-0.39, 0.29) is 11.5 Å². The minimum absolute atomic E-state index is 0.00287. The van der Waals surface area contributed by atoms with Crippen molar-refractivity contribution in [1.82, 2.24) is 4.90 Å². The summed E-state index contributed by atoms with van der Waals surface area (Å²) in [5, 5.41) is 12.9. The van der Waals surface area contributed by atoms with Crippen LogP contribution in [0.1, 0.15) is 33.3 Å². The van der Waals surface area contributed by atoms with Gasteiger partial charge >= 0.3 is 0 Å². The maximum Gasteiger partial charge on any atom is 0.263 e. The van der Waals surface area contributed by atoms with Gasteiger partial charge in [-0.25, -0.2) is 0 Å².